The second kappa shape index (κ2) is 6.19. The van der Waals surface area contributed by atoms with E-state index in [2.05, 4.69) is 27.8 Å². The SMILES string of the molecule is CCCC1(C(=O)NCc2cn[nH]c2C)CCCNC1. The zero-order chi connectivity index (χ0) is 13.7. The number of aryl methyl sites for hydroxylation is 1. The number of piperidine rings is 1. The van der Waals surface area contributed by atoms with E-state index < -0.39 is 0 Å². The quantitative estimate of drug-likeness (QED) is 0.755. The van der Waals surface area contributed by atoms with Gasteiger partial charge in [-0.1, -0.05) is 13.3 Å². The average Bonchev–Trinajstić information content (AvgIpc) is 2.83. The molecule has 19 heavy (non-hydrogen) atoms. The second-order valence-electron chi connectivity index (χ2n) is 5.51. The molecule has 3 N–H and O–H groups in total. The smallest absolute Gasteiger partial charge is 0.227 e. The Kier molecular flexibility index (Phi) is 4.58. The first-order valence-corrected chi connectivity index (χ1v) is 7.16. The molecule has 1 unspecified atom stereocenters. The van der Waals surface area contributed by atoms with Crippen LogP contribution in [0, 0.1) is 12.3 Å². The lowest BCUT2D eigenvalue weighted by Crippen LogP contribution is -2.50. The van der Waals surface area contributed by atoms with Gasteiger partial charge in [-0.25, -0.2) is 0 Å². The van der Waals surface area contributed by atoms with Crippen LogP contribution in [0.1, 0.15) is 43.9 Å². The van der Waals surface area contributed by atoms with Crippen molar-refractivity contribution in [2.45, 2.75) is 46.1 Å². The van der Waals surface area contributed by atoms with Gasteiger partial charge in [0.15, 0.2) is 0 Å². The first kappa shape index (κ1) is 14.1. The van der Waals surface area contributed by atoms with Gasteiger partial charge in [-0.2, -0.15) is 5.10 Å². The molecule has 106 valence electrons. The number of rotatable bonds is 5. The number of aromatic nitrogens is 2. The maximum absolute atomic E-state index is 12.5. The topological polar surface area (TPSA) is 69.8 Å². The van der Waals surface area contributed by atoms with E-state index in [1.807, 2.05) is 6.92 Å². The Morgan fingerprint density at radius 2 is 2.42 bits per heavy atom. The zero-order valence-electron chi connectivity index (χ0n) is 11.9. The number of amides is 1. The van der Waals surface area contributed by atoms with E-state index >= 15 is 0 Å². The monoisotopic (exact) mass is 264 g/mol. The van der Waals surface area contributed by atoms with Gasteiger partial charge in [0, 0.05) is 24.3 Å². The third-order valence-electron chi connectivity index (χ3n) is 4.06. The van der Waals surface area contributed by atoms with Crippen LogP contribution in [0.15, 0.2) is 6.20 Å². The standard InChI is InChI=1S/C14H24N4O/c1-3-5-14(6-4-7-15-10-14)13(19)16-8-12-9-17-18-11(12)2/h9,15H,3-8,10H2,1-2H3,(H,16,19)(H,17,18). The van der Waals surface area contributed by atoms with Crippen LogP contribution in [-0.2, 0) is 11.3 Å². The summed E-state index contributed by atoms with van der Waals surface area (Å²) in [6.07, 6.45) is 5.85. The maximum atomic E-state index is 12.5. The van der Waals surface area contributed by atoms with Crippen molar-refractivity contribution in [3.63, 3.8) is 0 Å². The normalized spacial score (nSPS) is 23.3. The van der Waals surface area contributed by atoms with Crippen LogP contribution in [0.25, 0.3) is 0 Å². The molecule has 1 amide bonds. The minimum absolute atomic E-state index is 0.183. The minimum Gasteiger partial charge on any atom is -0.351 e. The molecule has 5 nitrogen and oxygen atoms in total. The van der Waals surface area contributed by atoms with E-state index in [0.29, 0.717) is 6.54 Å². The van der Waals surface area contributed by atoms with Gasteiger partial charge >= 0.3 is 0 Å². The highest BCUT2D eigenvalue weighted by Gasteiger charge is 2.38. The zero-order valence-corrected chi connectivity index (χ0v) is 11.9. The van der Waals surface area contributed by atoms with Crippen molar-refractivity contribution in [3.05, 3.63) is 17.5 Å². The third kappa shape index (κ3) is 3.15. The Morgan fingerprint density at radius 3 is 3.00 bits per heavy atom. The highest BCUT2D eigenvalue weighted by molar-refractivity contribution is 5.83. The van der Waals surface area contributed by atoms with Gasteiger partial charge in [-0.05, 0) is 32.7 Å². The van der Waals surface area contributed by atoms with Crippen molar-refractivity contribution in [1.82, 2.24) is 20.8 Å². The molecule has 1 aromatic heterocycles. The fourth-order valence-electron chi connectivity index (χ4n) is 2.88. The Labute approximate surface area is 114 Å². The summed E-state index contributed by atoms with van der Waals surface area (Å²) in [5, 5.41) is 13.3. The first-order chi connectivity index (χ1) is 9.18. The van der Waals surface area contributed by atoms with Crippen LogP contribution < -0.4 is 10.6 Å². The van der Waals surface area contributed by atoms with Gasteiger partial charge in [-0.15, -0.1) is 0 Å². The second-order valence-corrected chi connectivity index (χ2v) is 5.51. The average molecular weight is 264 g/mol. The molecular weight excluding hydrogens is 240 g/mol. The molecule has 0 aromatic carbocycles. The van der Waals surface area contributed by atoms with Crippen molar-refractivity contribution < 1.29 is 4.79 Å². The number of aromatic amines is 1. The molecule has 1 aliphatic rings. The van der Waals surface area contributed by atoms with Crippen LogP contribution in [-0.4, -0.2) is 29.2 Å². The molecule has 1 saturated heterocycles. The Bertz CT molecular complexity index is 415. The summed E-state index contributed by atoms with van der Waals surface area (Å²) >= 11 is 0. The first-order valence-electron chi connectivity index (χ1n) is 7.16. The molecule has 2 rings (SSSR count). The molecule has 1 aromatic rings. The highest BCUT2D eigenvalue weighted by Crippen LogP contribution is 2.31. The van der Waals surface area contributed by atoms with E-state index in [-0.39, 0.29) is 11.3 Å². The highest BCUT2D eigenvalue weighted by atomic mass is 16.2. The number of hydrogen-bond donors (Lipinski definition) is 3. The summed E-state index contributed by atoms with van der Waals surface area (Å²) in [5.41, 5.74) is 1.86. The summed E-state index contributed by atoms with van der Waals surface area (Å²) in [7, 11) is 0. The number of nitrogens with zero attached hydrogens (tertiary/aromatic N) is 1. The summed E-state index contributed by atoms with van der Waals surface area (Å²) in [6.45, 7) is 6.51. The van der Waals surface area contributed by atoms with Crippen molar-refractivity contribution in [3.8, 4) is 0 Å². The van der Waals surface area contributed by atoms with E-state index in [0.717, 1.165) is 50.0 Å². The minimum atomic E-state index is -0.218. The van der Waals surface area contributed by atoms with E-state index in [9.17, 15) is 4.79 Å². The number of nitrogens with one attached hydrogen (secondary N) is 3. The molecule has 0 bridgehead atoms. The summed E-state index contributed by atoms with van der Waals surface area (Å²) in [5.74, 6) is 0.183. The predicted molar refractivity (Wildman–Crippen MR) is 74.6 cm³/mol. The molecule has 0 radical (unpaired) electrons. The van der Waals surface area contributed by atoms with Crippen LogP contribution in [0.5, 0.6) is 0 Å². The van der Waals surface area contributed by atoms with Crippen LogP contribution in [0.4, 0.5) is 0 Å². The molecule has 2 heterocycles. The Hall–Kier alpha value is -1.36. The maximum Gasteiger partial charge on any atom is 0.227 e. The molecule has 1 atom stereocenters. The van der Waals surface area contributed by atoms with E-state index in [1.54, 1.807) is 6.20 Å². The van der Waals surface area contributed by atoms with Gasteiger partial charge in [0.1, 0.15) is 0 Å². The Balaban J connectivity index is 1.97. The lowest BCUT2D eigenvalue weighted by molar-refractivity contribution is -0.132. The van der Waals surface area contributed by atoms with Crippen molar-refractivity contribution in [1.29, 1.82) is 0 Å². The van der Waals surface area contributed by atoms with E-state index in [4.69, 9.17) is 0 Å². The van der Waals surface area contributed by atoms with Crippen LogP contribution in [0.3, 0.4) is 0 Å². The predicted octanol–water partition coefficient (Wildman–Crippen LogP) is 1.50. The van der Waals surface area contributed by atoms with Crippen molar-refractivity contribution in [2.75, 3.05) is 13.1 Å². The molecule has 5 heteroatoms. The van der Waals surface area contributed by atoms with Gasteiger partial charge < -0.3 is 10.6 Å². The summed E-state index contributed by atoms with van der Waals surface area (Å²) in [4.78, 5) is 12.5. The van der Waals surface area contributed by atoms with Gasteiger partial charge in [0.25, 0.3) is 0 Å². The van der Waals surface area contributed by atoms with Crippen LogP contribution in [0.2, 0.25) is 0 Å². The molecule has 0 spiro atoms. The Morgan fingerprint density at radius 1 is 1.58 bits per heavy atom. The number of carbonyl (C=O) groups is 1. The van der Waals surface area contributed by atoms with Crippen LogP contribution >= 0.6 is 0 Å². The van der Waals surface area contributed by atoms with Crippen molar-refractivity contribution in [2.24, 2.45) is 5.41 Å². The third-order valence-corrected chi connectivity index (χ3v) is 4.06. The lowest BCUT2D eigenvalue weighted by Gasteiger charge is -2.36. The molecule has 0 saturated carbocycles. The molecule has 1 fully saturated rings. The lowest BCUT2D eigenvalue weighted by atomic mass is 9.76. The summed E-state index contributed by atoms with van der Waals surface area (Å²) < 4.78 is 0. The molecular formula is C14H24N4O. The number of carbonyl (C=O) groups excluding carboxylic acids is 1. The molecule has 1 aliphatic heterocycles. The van der Waals surface area contributed by atoms with Crippen molar-refractivity contribution >= 4 is 5.91 Å². The largest absolute Gasteiger partial charge is 0.351 e. The van der Waals surface area contributed by atoms with E-state index in [1.165, 1.54) is 0 Å². The van der Waals surface area contributed by atoms with Gasteiger partial charge in [0.2, 0.25) is 5.91 Å². The summed E-state index contributed by atoms with van der Waals surface area (Å²) in [6, 6.07) is 0. The van der Waals surface area contributed by atoms with Gasteiger partial charge in [-0.3, -0.25) is 9.89 Å². The fourth-order valence-corrected chi connectivity index (χ4v) is 2.88. The molecule has 0 aliphatic carbocycles. The fraction of sp³-hybridized carbons (Fsp3) is 0.714. The number of H-pyrrole nitrogens is 1. The van der Waals surface area contributed by atoms with Gasteiger partial charge in [0.05, 0.1) is 11.6 Å². The number of hydrogen-bond acceptors (Lipinski definition) is 3.